The molecule has 2 unspecified atom stereocenters. The molecule has 2 atom stereocenters. The average molecular weight is 186 g/mol. The number of rotatable bonds is 1. The van der Waals surface area contributed by atoms with E-state index >= 15 is 0 Å². The smallest absolute Gasteiger partial charge is 0.0187 e. The molecule has 70 valence electrons. The van der Waals surface area contributed by atoms with Gasteiger partial charge in [-0.25, -0.2) is 0 Å². The molecule has 2 nitrogen and oxygen atoms in total. The van der Waals surface area contributed by atoms with Crippen molar-refractivity contribution in [2.24, 2.45) is 5.73 Å². The van der Waals surface area contributed by atoms with Crippen molar-refractivity contribution in [3.05, 3.63) is 0 Å². The molecule has 2 aliphatic heterocycles. The van der Waals surface area contributed by atoms with Crippen LogP contribution < -0.4 is 5.73 Å². The zero-order valence-corrected chi connectivity index (χ0v) is 8.35. The van der Waals surface area contributed by atoms with Crippen molar-refractivity contribution >= 4 is 11.8 Å². The Morgan fingerprint density at radius 1 is 1.33 bits per heavy atom. The van der Waals surface area contributed by atoms with Crippen molar-refractivity contribution in [3.63, 3.8) is 0 Å². The molecule has 2 saturated heterocycles. The van der Waals surface area contributed by atoms with Crippen LogP contribution in [-0.4, -0.2) is 41.6 Å². The van der Waals surface area contributed by atoms with Gasteiger partial charge in [0.25, 0.3) is 0 Å². The van der Waals surface area contributed by atoms with Crippen LogP contribution in [0.25, 0.3) is 0 Å². The number of hydrogen-bond donors (Lipinski definition) is 1. The van der Waals surface area contributed by atoms with Crippen LogP contribution in [0.15, 0.2) is 0 Å². The third-order valence-corrected chi connectivity index (χ3v) is 4.11. The lowest BCUT2D eigenvalue weighted by atomic mass is 10.1. The van der Waals surface area contributed by atoms with Gasteiger partial charge >= 0.3 is 0 Å². The van der Waals surface area contributed by atoms with E-state index in [-0.39, 0.29) is 0 Å². The summed E-state index contributed by atoms with van der Waals surface area (Å²) in [5, 5.41) is 0. The molecule has 0 amide bonds. The molecule has 0 spiro atoms. The van der Waals surface area contributed by atoms with Gasteiger partial charge in [0, 0.05) is 30.9 Å². The van der Waals surface area contributed by atoms with Crippen molar-refractivity contribution < 1.29 is 0 Å². The highest BCUT2D eigenvalue weighted by atomic mass is 32.2. The van der Waals surface area contributed by atoms with Crippen LogP contribution in [0.1, 0.15) is 19.3 Å². The molecule has 12 heavy (non-hydrogen) atoms. The Bertz CT molecular complexity index is 143. The van der Waals surface area contributed by atoms with Crippen molar-refractivity contribution in [3.8, 4) is 0 Å². The number of hydrogen-bond acceptors (Lipinski definition) is 3. The molecular formula is C9H18N2S. The van der Waals surface area contributed by atoms with E-state index in [9.17, 15) is 0 Å². The van der Waals surface area contributed by atoms with Gasteiger partial charge in [0.1, 0.15) is 0 Å². The Hall–Kier alpha value is 0.270. The molecule has 0 saturated carbocycles. The highest BCUT2D eigenvalue weighted by Gasteiger charge is 2.27. The predicted molar refractivity (Wildman–Crippen MR) is 54.5 cm³/mol. The number of likely N-dealkylation sites (tertiary alicyclic amines) is 1. The number of nitrogens with two attached hydrogens (primary N) is 1. The summed E-state index contributed by atoms with van der Waals surface area (Å²) in [4.78, 5) is 2.59. The largest absolute Gasteiger partial charge is 0.326 e. The molecule has 2 fully saturated rings. The quantitative estimate of drug-likeness (QED) is 0.660. The lowest BCUT2D eigenvalue weighted by molar-refractivity contribution is 0.244. The molecule has 2 aliphatic rings. The minimum Gasteiger partial charge on any atom is -0.326 e. The fraction of sp³-hybridized carbons (Fsp3) is 1.00. The van der Waals surface area contributed by atoms with Crippen molar-refractivity contribution in [1.29, 1.82) is 0 Å². The fourth-order valence-corrected chi connectivity index (χ4v) is 3.35. The van der Waals surface area contributed by atoms with Gasteiger partial charge in [-0.3, -0.25) is 4.90 Å². The SMILES string of the molecule is NC1CCN(C2CCCSC2)C1. The van der Waals surface area contributed by atoms with Crippen LogP contribution >= 0.6 is 11.8 Å². The second-order valence-corrected chi connectivity index (χ2v) is 5.06. The van der Waals surface area contributed by atoms with E-state index in [1.165, 1.54) is 37.3 Å². The maximum Gasteiger partial charge on any atom is 0.0187 e. The zero-order valence-electron chi connectivity index (χ0n) is 7.54. The molecule has 0 aromatic carbocycles. The molecule has 3 heteroatoms. The van der Waals surface area contributed by atoms with Gasteiger partial charge < -0.3 is 5.73 Å². The van der Waals surface area contributed by atoms with Crippen molar-refractivity contribution in [1.82, 2.24) is 4.90 Å². The third kappa shape index (κ3) is 1.95. The molecular weight excluding hydrogens is 168 g/mol. The summed E-state index contributed by atoms with van der Waals surface area (Å²) in [6, 6.07) is 1.30. The summed E-state index contributed by atoms with van der Waals surface area (Å²) >= 11 is 2.11. The first-order valence-electron chi connectivity index (χ1n) is 4.93. The second-order valence-electron chi connectivity index (χ2n) is 3.91. The molecule has 2 N–H and O–H groups in total. The minimum absolute atomic E-state index is 0.455. The van der Waals surface area contributed by atoms with E-state index < -0.39 is 0 Å². The Labute approximate surface area is 78.9 Å². The molecule has 0 radical (unpaired) electrons. The van der Waals surface area contributed by atoms with Gasteiger partial charge in [-0.05, 0) is 25.0 Å². The monoisotopic (exact) mass is 186 g/mol. The highest BCUT2D eigenvalue weighted by Crippen LogP contribution is 2.24. The van der Waals surface area contributed by atoms with Gasteiger partial charge in [0.2, 0.25) is 0 Å². The zero-order chi connectivity index (χ0) is 8.39. The standard InChI is InChI=1S/C9H18N2S/c10-8-3-4-11(6-8)9-2-1-5-12-7-9/h8-9H,1-7,10H2. The maximum atomic E-state index is 5.88. The van der Waals surface area contributed by atoms with Crippen LogP contribution in [0.4, 0.5) is 0 Å². The summed E-state index contributed by atoms with van der Waals surface area (Å²) in [5.41, 5.74) is 5.88. The molecule has 0 bridgehead atoms. The normalized spacial score (nSPS) is 38.8. The van der Waals surface area contributed by atoms with E-state index in [0.29, 0.717) is 6.04 Å². The summed E-state index contributed by atoms with van der Waals surface area (Å²) < 4.78 is 0. The first-order chi connectivity index (χ1) is 5.86. The molecule has 0 aromatic heterocycles. The highest BCUT2D eigenvalue weighted by molar-refractivity contribution is 7.99. The summed E-state index contributed by atoms with van der Waals surface area (Å²) in [6.45, 7) is 2.39. The van der Waals surface area contributed by atoms with Gasteiger partial charge in [-0.1, -0.05) is 0 Å². The van der Waals surface area contributed by atoms with Gasteiger partial charge in [0.15, 0.2) is 0 Å². The Kier molecular flexibility index (Phi) is 2.94. The fourth-order valence-electron chi connectivity index (χ4n) is 2.16. The van der Waals surface area contributed by atoms with Crippen LogP contribution in [0.2, 0.25) is 0 Å². The van der Waals surface area contributed by atoms with Crippen molar-refractivity contribution in [2.75, 3.05) is 24.6 Å². The Balaban J connectivity index is 1.83. The van der Waals surface area contributed by atoms with Crippen LogP contribution in [0, 0.1) is 0 Å². The van der Waals surface area contributed by atoms with Gasteiger partial charge in [-0.2, -0.15) is 11.8 Å². The van der Waals surface area contributed by atoms with Crippen LogP contribution in [0.3, 0.4) is 0 Å². The van der Waals surface area contributed by atoms with Gasteiger partial charge in [0.05, 0.1) is 0 Å². The first kappa shape index (κ1) is 8.85. The van der Waals surface area contributed by atoms with Crippen molar-refractivity contribution in [2.45, 2.75) is 31.3 Å². The average Bonchev–Trinajstić information content (AvgIpc) is 2.54. The van der Waals surface area contributed by atoms with E-state index in [0.717, 1.165) is 12.6 Å². The lowest BCUT2D eigenvalue weighted by Crippen LogP contribution is -2.38. The van der Waals surface area contributed by atoms with Crippen LogP contribution in [-0.2, 0) is 0 Å². The van der Waals surface area contributed by atoms with E-state index in [4.69, 9.17) is 5.73 Å². The topological polar surface area (TPSA) is 29.3 Å². The Morgan fingerprint density at radius 2 is 2.25 bits per heavy atom. The van der Waals surface area contributed by atoms with E-state index in [2.05, 4.69) is 16.7 Å². The lowest BCUT2D eigenvalue weighted by Gasteiger charge is -2.30. The van der Waals surface area contributed by atoms with Gasteiger partial charge in [-0.15, -0.1) is 0 Å². The molecule has 2 rings (SSSR count). The Morgan fingerprint density at radius 3 is 2.83 bits per heavy atom. The molecule has 0 aliphatic carbocycles. The first-order valence-corrected chi connectivity index (χ1v) is 6.09. The second kappa shape index (κ2) is 3.99. The number of nitrogens with zero attached hydrogens (tertiary/aromatic N) is 1. The molecule has 0 aromatic rings. The summed E-state index contributed by atoms with van der Waals surface area (Å²) in [7, 11) is 0. The number of thioether (sulfide) groups is 1. The van der Waals surface area contributed by atoms with E-state index in [1.54, 1.807) is 0 Å². The molecule has 2 heterocycles. The van der Waals surface area contributed by atoms with E-state index in [1.807, 2.05) is 0 Å². The third-order valence-electron chi connectivity index (χ3n) is 2.91. The van der Waals surface area contributed by atoms with Crippen LogP contribution in [0.5, 0.6) is 0 Å². The summed E-state index contributed by atoms with van der Waals surface area (Å²) in [6.07, 6.45) is 4.02. The predicted octanol–water partition coefficient (Wildman–Crippen LogP) is 0.915. The minimum atomic E-state index is 0.455. The maximum absolute atomic E-state index is 5.88. The summed E-state index contributed by atoms with van der Waals surface area (Å²) in [5.74, 6) is 2.71.